The summed E-state index contributed by atoms with van der Waals surface area (Å²) in [5.41, 5.74) is 14.8. The Balaban J connectivity index is 1.04. The Morgan fingerprint density at radius 2 is 0.348 bits per heavy atom. The van der Waals surface area contributed by atoms with Crippen molar-refractivity contribution in [1.82, 2.24) is 19.9 Å². The van der Waals surface area contributed by atoms with Gasteiger partial charge in [0.15, 0.2) is 0 Å². The van der Waals surface area contributed by atoms with Crippen molar-refractivity contribution in [3.05, 3.63) is 255 Å². The average Bonchev–Trinajstić information content (AvgIpc) is 3.40. The number of para-hydroxylation sites is 6. The predicted octanol–water partition coefficient (Wildman–Crippen LogP) is 15.5. The third-order valence-corrected chi connectivity index (χ3v) is 11.6. The molecule has 0 radical (unpaired) electrons. The smallest absolute Gasteiger partial charge is 0.115 e. The zero-order valence-electron chi connectivity index (χ0n) is 35.8. The molecule has 0 amide bonds. The van der Waals surface area contributed by atoms with Crippen LogP contribution in [-0.2, 0) is 0 Å². The fourth-order valence-corrected chi connectivity index (χ4v) is 8.70. The molecule has 2 heterocycles. The SMILES string of the molecule is c1ccc(N(c2ccccc2)c2ccc(N(c3ccccc3)c3ccc(N(c4ccccc4)c4ccc(N(c5ccccc5)c5ccccc5)c5nccnc45)cc3)c3nccnc23)cc1. The van der Waals surface area contributed by atoms with E-state index < -0.39 is 0 Å². The molecule has 2 aromatic heterocycles. The van der Waals surface area contributed by atoms with E-state index >= 15 is 0 Å². The number of nitrogens with zero attached hydrogens (tertiary/aromatic N) is 8. The van der Waals surface area contributed by atoms with E-state index in [0.29, 0.717) is 0 Å². The van der Waals surface area contributed by atoms with Crippen LogP contribution < -0.4 is 19.6 Å². The molecule has 8 heteroatoms. The Morgan fingerprint density at radius 3 is 0.530 bits per heavy atom. The quantitative estimate of drug-likeness (QED) is 0.120. The van der Waals surface area contributed by atoms with Gasteiger partial charge in [0.05, 0.1) is 22.7 Å². The zero-order chi connectivity index (χ0) is 44.1. The molecule has 0 saturated heterocycles. The van der Waals surface area contributed by atoms with E-state index in [9.17, 15) is 0 Å². The Morgan fingerprint density at radius 1 is 0.182 bits per heavy atom. The first-order valence-corrected chi connectivity index (χ1v) is 21.9. The number of hydrogen-bond acceptors (Lipinski definition) is 8. The maximum Gasteiger partial charge on any atom is 0.115 e. The first kappa shape index (κ1) is 39.7. The number of aromatic nitrogens is 4. The summed E-state index contributed by atoms with van der Waals surface area (Å²) in [5, 5.41) is 0. The molecule has 8 nitrogen and oxygen atoms in total. The van der Waals surface area contributed by atoms with E-state index in [4.69, 9.17) is 19.9 Å². The molecule has 0 bridgehead atoms. The molecule has 11 rings (SSSR count). The van der Waals surface area contributed by atoms with Crippen LogP contribution >= 0.6 is 0 Å². The Kier molecular flexibility index (Phi) is 10.8. The van der Waals surface area contributed by atoms with Gasteiger partial charge < -0.3 is 19.6 Å². The summed E-state index contributed by atoms with van der Waals surface area (Å²) in [7, 11) is 0. The molecule has 0 aliphatic carbocycles. The molecule has 0 aliphatic rings. The minimum atomic E-state index is 0.774. The molecule has 0 spiro atoms. The van der Waals surface area contributed by atoms with Crippen LogP contribution in [0.15, 0.2) is 255 Å². The molecule has 66 heavy (non-hydrogen) atoms. The summed E-state index contributed by atoms with van der Waals surface area (Å²) in [5.74, 6) is 0. The van der Waals surface area contributed by atoms with Crippen molar-refractivity contribution in [2.45, 2.75) is 0 Å². The van der Waals surface area contributed by atoms with Gasteiger partial charge >= 0.3 is 0 Å². The lowest BCUT2D eigenvalue weighted by molar-refractivity contribution is 1.21. The van der Waals surface area contributed by atoms with Crippen LogP contribution in [0, 0.1) is 0 Å². The lowest BCUT2D eigenvalue weighted by Crippen LogP contribution is -2.15. The minimum absolute atomic E-state index is 0.774. The van der Waals surface area contributed by atoms with Gasteiger partial charge in [0, 0.05) is 70.3 Å². The molecule has 0 aliphatic heterocycles. The van der Waals surface area contributed by atoms with Gasteiger partial charge in [-0.05, 0) is 121 Å². The second-order valence-corrected chi connectivity index (χ2v) is 15.6. The van der Waals surface area contributed by atoms with Crippen molar-refractivity contribution in [1.29, 1.82) is 0 Å². The third kappa shape index (κ3) is 7.58. The largest absolute Gasteiger partial charge is 0.308 e. The number of fused-ring (bicyclic) bond motifs is 2. The molecular weight excluding hydrogens is 809 g/mol. The summed E-state index contributed by atoms with van der Waals surface area (Å²) in [4.78, 5) is 29.1. The minimum Gasteiger partial charge on any atom is -0.308 e. The van der Waals surface area contributed by atoms with Gasteiger partial charge in [-0.2, -0.15) is 0 Å². The van der Waals surface area contributed by atoms with Gasteiger partial charge in [-0.3, -0.25) is 19.9 Å². The molecule has 314 valence electrons. The van der Waals surface area contributed by atoms with Gasteiger partial charge in [0.25, 0.3) is 0 Å². The molecule has 0 atom stereocenters. The number of rotatable bonds is 12. The number of anilines is 12. The third-order valence-electron chi connectivity index (χ3n) is 11.6. The molecule has 0 N–H and O–H groups in total. The maximum atomic E-state index is 5.04. The van der Waals surface area contributed by atoms with Crippen LogP contribution in [-0.4, -0.2) is 19.9 Å². The number of hydrogen-bond donors (Lipinski definition) is 0. The van der Waals surface area contributed by atoms with Crippen molar-refractivity contribution >= 4 is 90.3 Å². The van der Waals surface area contributed by atoms with Crippen LogP contribution in [0.4, 0.5) is 68.2 Å². The van der Waals surface area contributed by atoms with Crippen LogP contribution in [0.2, 0.25) is 0 Å². The first-order valence-electron chi connectivity index (χ1n) is 21.9. The second-order valence-electron chi connectivity index (χ2n) is 15.6. The maximum absolute atomic E-state index is 5.04. The van der Waals surface area contributed by atoms with Gasteiger partial charge in [-0.1, -0.05) is 109 Å². The summed E-state index contributed by atoms with van der Waals surface area (Å²) >= 11 is 0. The number of benzene rings is 9. The highest BCUT2D eigenvalue weighted by Gasteiger charge is 2.25. The summed E-state index contributed by atoms with van der Waals surface area (Å²) in [6.45, 7) is 0. The summed E-state index contributed by atoms with van der Waals surface area (Å²) in [6.07, 6.45) is 7.08. The fraction of sp³-hybridized carbons (Fsp3) is 0. The van der Waals surface area contributed by atoms with E-state index in [1.807, 2.05) is 36.4 Å². The van der Waals surface area contributed by atoms with Crippen molar-refractivity contribution in [2.75, 3.05) is 19.6 Å². The van der Waals surface area contributed by atoms with E-state index in [1.54, 1.807) is 24.8 Å². The summed E-state index contributed by atoms with van der Waals surface area (Å²) in [6, 6.07) is 79.7. The molecule has 0 fully saturated rings. The van der Waals surface area contributed by atoms with E-state index in [1.165, 1.54) is 0 Å². The van der Waals surface area contributed by atoms with Crippen LogP contribution in [0.25, 0.3) is 22.1 Å². The normalized spacial score (nSPS) is 11.0. The van der Waals surface area contributed by atoms with Crippen molar-refractivity contribution in [3.63, 3.8) is 0 Å². The molecule has 0 saturated carbocycles. The van der Waals surface area contributed by atoms with Crippen LogP contribution in [0.5, 0.6) is 0 Å². The first-order chi connectivity index (χ1) is 32.8. The van der Waals surface area contributed by atoms with E-state index in [2.05, 4.69) is 214 Å². The highest BCUT2D eigenvalue weighted by Crippen LogP contribution is 2.47. The van der Waals surface area contributed by atoms with Crippen molar-refractivity contribution in [3.8, 4) is 0 Å². The Hall–Kier alpha value is -9.14. The predicted molar refractivity (Wildman–Crippen MR) is 271 cm³/mol. The Bertz CT molecular complexity index is 3050. The van der Waals surface area contributed by atoms with E-state index in [-0.39, 0.29) is 0 Å². The van der Waals surface area contributed by atoms with Crippen LogP contribution in [0.1, 0.15) is 0 Å². The molecule has 0 unspecified atom stereocenters. The lowest BCUT2D eigenvalue weighted by Gasteiger charge is -2.31. The molecule has 9 aromatic carbocycles. The molecular formula is C58H42N8. The monoisotopic (exact) mass is 850 g/mol. The Labute approximate surface area is 383 Å². The van der Waals surface area contributed by atoms with Gasteiger partial charge in [0.2, 0.25) is 0 Å². The van der Waals surface area contributed by atoms with E-state index in [0.717, 1.165) is 90.3 Å². The highest BCUT2D eigenvalue weighted by atomic mass is 15.2. The van der Waals surface area contributed by atoms with Crippen molar-refractivity contribution < 1.29 is 0 Å². The second kappa shape index (κ2) is 17.9. The fourth-order valence-electron chi connectivity index (χ4n) is 8.70. The average molecular weight is 851 g/mol. The topological polar surface area (TPSA) is 64.5 Å². The molecule has 11 aromatic rings. The van der Waals surface area contributed by atoms with Crippen molar-refractivity contribution in [2.24, 2.45) is 0 Å². The summed E-state index contributed by atoms with van der Waals surface area (Å²) < 4.78 is 0. The van der Waals surface area contributed by atoms with Gasteiger partial charge in [0.1, 0.15) is 22.1 Å². The van der Waals surface area contributed by atoms with Crippen LogP contribution in [0.3, 0.4) is 0 Å². The zero-order valence-corrected chi connectivity index (χ0v) is 35.8. The van der Waals surface area contributed by atoms with Gasteiger partial charge in [-0.25, -0.2) is 0 Å². The van der Waals surface area contributed by atoms with Gasteiger partial charge in [-0.15, -0.1) is 0 Å². The standard InChI is InChI=1S/C58H42N8/c1-7-19-43(20-8-1)63(44-21-9-2-10-22-44)51-35-37-53(57-55(51)59-39-41-61-57)65(47-27-15-5-16-28-47)49-31-33-50(34-32-49)66(48-29-17-6-18-30-48)54-38-36-52(56-58(54)62-42-40-60-56)64(45-23-11-3-12-24-45)46-25-13-4-14-26-46/h1-42H. The lowest BCUT2D eigenvalue weighted by atomic mass is 10.1. The highest BCUT2D eigenvalue weighted by molar-refractivity contribution is 6.05.